The molecule has 2 saturated heterocycles. The van der Waals surface area contributed by atoms with Gasteiger partial charge in [-0.2, -0.15) is 0 Å². The first kappa shape index (κ1) is 21.3. The number of nitrogens with zero attached hydrogens (tertiary/aromatic N) is 3. The molecule has 160 valence electrons. The third kappa shape index (κ3) is 3.34. The zero-order valence-electron chi connectivity index (χ0n) is 17.1. The predicted octanol–water partition coefficient (Wildman–Crippen LogP) is 3.43. The van der Waals surface area contributed by atoms with Crippen molar-refractivity contribution in [3.8, 4) is 11.1 Å². The van der Waals surface area contributed by atoms with E-state index in [1.807, 2.05) is 19.9 Å². The number of halogens is 2. The highest BCUT2D eigenvalue weighted by molar-refractivity contribution is 6.43. The maximum Gasteiger partial charge on any atom is 0.212 e. The number of aromatic nitrogens is 2. The summed E-state index contributed by atoms with van der Waals surface area (Å²) in [5.74, 6) is 0.588. The van der Waals surface area contributed by atoms with Crippen molar-refractivity contribution in [2.45, 2.75) is 38.8 Å². The Balaban J connectivity index is 1.70. The molecule has 1 aromatic carbocycles. The van der Waals surface area contributed by atoms with Crippen LogP contribution in [-0.2, 0) is 4.74 Å². The summed E-state index contributed by atoms with van der Waals surface area (Å²) in [4.78, 5) is 6.90. The van der Waals surface area contributed by atoms with Gasteiger partial charge >= 0.3 is 0 Å². The van der Waals surface area contributed by atoms with Gasteiger partial charge < -0.3 is 15.4 Å². The van der Waals surface area contributed by atoms with Crippen molar-refractivity contribution in [3.63, 3.8) is 0 Å². The summed E-state index contributed by atoms with van der Waals surface area (Å²) in [6.45, 7) is 6.08. The summed E-state index contributed by atoms with van der Waals surface area (Å²) in [5, 5.41) is 17.5. The molecule has 0 unspecified atom stereocenters. The van der Waals surface area contributed by atoms with Crippen LogP contribution in [0, 0.1) is 23.2 Å². The first-order valence-corrected chi connectivity index (χ1v) is 10.8. The number of hydrogen-bond donors (Lipinski definition) is 3. The Bertz CT molecular complexity index is 1040. The largest absolute Gasteiger partial charge is 0.376 e. The Labute approximate surface area is 185 Å². The molecule has 0 aliphatic carbocycles. The first-order chi connectivity index (χ1) is 14.3. The van der Waals surface area contributed by atoms with Crippen LogP contribution in [-0.4, -0.2) is 47.7 Å². The van der Waals surface area contributed by atoms with Gasteiger partial charge in [-0.25, -0.2) is 4.98 Å². The molecule has 1 aromatic heterocycles. The Morgan fingerprint density at radius 3 is 2.60 bits per heavy atom. The van der Waals surface area contributed by atoms with Gasteiger partial charge in [0.25, 0.3) is 0 Å². The van der Waals surface area contributed by atoms with Gasteiger partial charge in [-0.3, -0.25) is 15.4 Å². The normalized spacial score (nSPS) is 23.2. The number of nitrogens with one attached hydrogen (secondary N) is 2. The van der Waals surface area contributed by atoms with Gasteiger partial charge in [-0.1, -0.05) is 35.3 Å². The Morgan fingerprint density at radius 2 is 2.00 bits per heavy atom. The van der Waals surface area contributed by atoms with Crippen LogP contribution in [0.25, 0.3) is 11.1 Å². The third-order valence-corrected chi connectivity index (χ3v) is 7.38. The fourth-order valence-electron chi connectivity index (χ4n) is 4.64. The average molecular weight is 449 g/mol. The Hall–Kier alpha value is -1.93. The lowest BCUT2D eigenvalue weighted by Gasteiger charge is -2.41. The van der Waals surface area contributed by atoms with Crippen molar-refractivity contribution in [1.29, 1.82) is 10.8 Å². The summed E-state index contributed by atoms with van der Waals surface area (Å²) in [7, 11) is 0. The molecule has 30 heavy (non-hydrogen) atoms. The van der Waals surface area contributed by atoms with Gasteiger partial charge in [0, 0.05) is 35.7 Å². The summed E-state index contributed by atoms with van der Waals surface area (Å²) in [6, 6.07) is 5.35. The number of piperidine rings is 1. The smallest absolute Gasteiger partial charge is 0.212 e. The van der Waals surface area contributed by atoms with Crippen molar-refractivity contribution < 1.29 is 4.74 Å². The van der Waals surface area contributed by atoms with E-state index in [0.29, 0.717) is 39.4 Å². The molecule has 2 fully saturated rings. The lowest BCUT2D eigenvalue weighted by atomic mass is 9.73. The van der Waals surface area contributed by atoms with Crippen LogP contribution in [0.5, 0.6) is 0 Å². The Kier molecular flexibility index (Phi) is 5.66. The van der Waals surface area contributed by atoms with E-state index >= 15 is 0 Å². The van der Waals surface area contributed by atoms with Crippen LogP contribution >= 0.6 is 23.2 Å². The van der Waals surface area contributed by atoms with E-state index in [9.17, 15) is 0 Å². The van der Waals surface area contributed by atoms with Crippen LogP contribution in [0.4, 0.5) is 5.95 Å². The van der Waals surface area contributed by atoms with E-state index in [2.05, 4.69) is 4.90 Å². The number of rotatable bonds is 3. The van der Waals surface area contributed by atoms with Crippen LogP contribution in [0.2, 0.25) is 10.0 Å². The van der Waals surface area contributed by atoms with Crippen molar-refractivity contribution in [2.24, 2.45) is 11.1 Å². The average Bonchev–Trinajstić information content (AvgIpc) is 3.00. The molecule has 2 aromatic rings. The van der Waals surface area contributed by atoms with E-state index in [0.717, 1.165) is 32.3 Å². The molecule has 2 aliphatic rings. The second kappa shape index (κ2) is 7.96. The number of hydrogen-bond acceptors (Lipinski definition) is 6. The zero-order valence-corrected chi connectivity index (χ0v) is 18.6. The molecule has 2 aliphatic heterocycles. The van der Waals surface area contributed by atoms with E-state index in [4.69, 9.17) is 49.5 Å². The van der Waals surface area contributed by atoms with Crippen LogP contribution in [0.1, 0.15) is 25.5 Å². The van der Waals surface area contributed by atoms with Gasteiger partial charge in [-0.15, -0.1) is 0 Å². The lowest BCUT2D eigenvalue weighted by molar-refractivity contribution is 0.0973. The highest BCUT2D eigenvalue weighted by atomic mass is 35.5. The summed E-state index contributed by atoms with van der Waals surface area (Å²) in [5.41, 5.74) is 8.48. The lowest BCUT2D eigenvalue weighted by Crippen LogP contribution is -2.51. The maximum atomic E-state index is 8.77. The van der Waals surface area contributed by atoms with Crippen LogP contribution in [0.3, 0.4) is 0 Å². The first-order valence-electron chi connectivity index (χ1n) is 10.0. The van der Waals surface area contributed by atoms with Gasteiger partial charge in [0.1, 0.15) is 5.49 Å². The molecule has 9 heteroatoms. The van der Waals surface area contributed by atoms with Crippen molar-refractivity contribution in [1.82, 2.24) is 9.55 Å². The summed E-state index contributed by atoms with van der Waals surface area (Å²) >= 11 is 12.6. The molecule has 4 rings (SSSR count). The third-order valence-electron chi connectivity index (χ3n) is 6.56. The van der Waals surface area contributed by atoms with Crippen molar-refractivity contribution in [3.05, 3.63) is 39.4 Å². The topological polar surface area (TPSA) is 104 Å². The molecule has 7 nitrogen and oxygen atoms in total. The number of benzene rings is 1. The van der Waals surface area contributed by atoms with Crippen LogP contribution in [0.15, 0.2) is 18.2 Å². The molecular weight excluding hydrogens is 423 g/mol. The minimum absolute atomic E-state index is 0.00147. The van der Waals surface area contributed by atoms with Crippen LogP contribution < -0.4 is 16.1 Å². The van der Waals surface area contributed by atoms with Crippen molar-refractivity contribution >= 4 is 35.5 Å². The number of anilines is 1. The van der Waals surface area contributed by atoms with Gasteiger partial charge in [0.05, 0.1) is 34.8 Å². The molecule has 3 heterocycles. The standard InChI is InChI=1S/C21H26Cl2N6O/c1-12-16(14-4-3-5-15(22)17(14)23)19(26)29(11-24)20(27-12)28-8-6-21(7-9-28)10-30-13(2)18(21)25/h3-5,11,13,18,24,26H,6-10,25H2,1-2H3/t13-,18+/m0/s1. The zero-order chi connectivity index (χ0) is 21.6. The monoisotopic (exact) mass is 448 g/mol. The van der Waals surface area contributed by atoms with E-state index in [-0.39, 0.29) is 23.0 Å². The second-order valence-corrected chi connectivity index (χ2v) is 9.00. The fraction of sp³-hybridized carbons (Fsp3) is 0.476. The molecular formula is C21H26Cl2N6O. The van der Waals surface area contributed by atoms with E-state index in [1.54, 1.807) is 12.1 Å². The Morgan fingerprint density at radius 1 is 1.30 bits per heavy atom. The fourth-order valence-corrected chi connectivity index (χ4v) is 5.04. The number of ether oxygens (including phenoxy) is 1. The highest BCUT2D eigenvalue weighted by Crippen LogP contribution is 2.42. The molecule has 2 atom stereocenters. The molecule has 0 amide bonds. The quantitative estimate of drug-likeness (QED) is 0.493. The van der Waals surface area contributed by atoms with Gasteiger partial charge in [0.15, 0.2) is 0 Å². The molecule has 0 bridgehead atoms. The highest BCUT2D eigenvalue weighted by Gasteiger charge is 2.47. The molecule has 1 spiro atoms. The maximum absolute atomic E-state index is 8.77. The minimum atomic E-state index is -0.00147. The number of nitrogens with two attached hydrogens (primary N) is 1. The van der Waals surface area contributed by atoms with Gasteiger partial charge in [0.2, 0.25) is 5.95 Å². The SMILES string of the molecule is Cc1nc(N2CCC3(CC2)CO[C@@H](C)[C@H]3N)n(C=N)c(=N)c1-c1cccc(Cl)c1Cl. The molecule has 0 saturated carbocycles. The predicted molar refractivity (Wildman–Crippen MR) is 120 cm³/mol. The minimum Gasteiger partial charge on any atom is -0.376 e. The molecule has 4 N–H and O–H groups in total. The second-order valence-electron chi connectivity index (χ2n) is 8.21. The van der Waals surface area contributed by atoms with Gasteiger partial charge in [-0.05, 0) is 32.8 Å². The summed E-state index contributed by atoms with van der Waals surface area (Å²) < 4.78 is 7.31. The number of aryl methyl sites for hydroxylation is 1. The van der Waals surface area contributed by atoms with E-state index < -0.39 is 0 Å². The molecule has 0 radical (unpaired) electrons. The van der Waals surface area contributed by atoms with Crippen molar-refractivity contribution in [2.75, 3.05) is 24.6 Å². The van der Waals surface area contributed by atoms with E-state index in [1.165, 1.54) is 4.57 Å². The summed E-state index contributed by atoms with van der Waals surface area (Å²) in [6.07, 6.45) is 2.99.